The van der Waals surface area contributed by atoms with Crippen LogP contribution in [0.3, 0.4) is 0 Å². The second-order valence-corrected chi connectivity index (χ2v) is 5.60. The topological polar surface area (TPSA) is 29.1 Å². The van der Waals surface area contributed by atoms with Crippen molar-refractivity contribution in [3.8, 4) is 0 Å². The van der Waals surface area contributed by atoms with Gasteiger partial charge in [0.2, 0.25) is 5.91 Å². The van der Waals surface area contributed by atoms with Crippen LogP contribution in [0.15, 0.2) is 30.3 Å². The second-order valence-electron chi connectivity index (χ2n) is 5.60. The predicted octanol–water partition coefficient (Wildman–Crippen LogP) is 3.69. The first-order valence-corrected chi connectivity index (χ1v) is 7.02. The molecule has 2 rings (SSSR count). The Hall–Kier alpha value is -1.31. The Kier molecular flexibility index (Phi) is 4.40. The third-order valence-electron chi connectivity index (χ3n) is 4.04. The van der Waals surface area contributed by atoms with E-state index in [1.165, 1.54) is 18.4 Å². The number of hydrogen-bond acceptors (Lipinski definition) is 1. The van der Waals surface area contributed by atoms with Crippen LogP contribution in [-0.2, 0) is 4.79 Å². The lowest BCUT2D eigenvalue weighted by Gasteiger charge is -2.26. The highest BCUT2D eigenvalue weighted by molar-refractivity contribution is 5.79. The van der Waals surface area contributed by atoms with Gasteiger partial charge < -0.3 is 5.32 Å². The van der Waals surface area contributed by atoms with E-state index >= 15 is 0 Å². The number of carbonyl (C=O) groups excluding carboxylic acids is 1. The molecule has 0 bridgehead atoms. The molecule has 1 aromatic rings. The smallest absolute Gasteiger partial charge is 0.223 e. The first-order chi connectivity index (χ1) is 8.66. The summed E-state index contributed by atoms with van der Waals surface area (Å²) in [6.45, 7) is 4.33. The average Bonchev–Trinajstić information content (AvgIpc) is 2.40. The standard InChI is InChI=1S/C16H23NO/c1-12-8-10-15(11-9-12)16(18)17-13(2)14-6-4-3-5-7-14/h3-7,12-13,15H,8-11H2,1-2H3,(H,17,18)/t12-,13-,15-/m1/s1. The van der Waals surface area contributed by atoms with Crippen molar-refractivity contribution in [2.75, 3.05) is 0 Å². The van der Waals surface area contributed by atoms with Gasteiger partial charge in [-0.15, -0.1) is 0 Å². The van der Waals surface area contributed by atoms with Crippen molar-refractivity contribution in [2.45, 2.75) is 45.6 Å². The van der Waals surface area contributed by atoms with Gasteiger partial charge in [-0.25, -0.2) is 0 Å². The van der Waals surface area contributed by atoms with Crippen molar-refractivity contribution in [1.82, 2.24) is 5.32 Å². The Morgan fingerprint density at radius 2 is 1.78 bits per heavy atom. The van der Waals surface area contributed by atoms with Gasteiger partial charge in [0.1, 0.15) is 0 Å². The number of nitrogens with one attached hydrogen (secondary N) is 1. The van der Waals surface area contributed by atoms with Crippen molar-refractivity contribution >= 4 is 5.91 Å². The van der Waals surface area contributed by atoms with Crippen molar-refractivity contribution in [2.24, 2.45) is 11.8 Å². The van der Waals surface area contributed by atoms with E-state index in [1.54, 1.807) is 0 Å². The van der Waals surface area contributed by atoms with Gasteiger partial charge in [0, 0.05) is 5.92 Å². The molecule has 0 saturated heterocycles. The van der Waals surface area contributed by atoms with E-state index in [1.807, 2.05) is 18.2 Å². The van der Waals surface area contributed by atoms with Crippen LogP contribution in [0.1, 0.15) is 51.1 Å². The summed E-state index contributed by atoms with van der Waals surface area (Å²) in [4.78, 5) is 12.2. The first-order valence-electron chi connectivity index (χ1n) is 7.02. The molecule has 1 fully saturated rings. The molecule has 2 heteroatoms. The Bertz CT molecular complexity index is 379. The molecule has 0 unspecified atom stereocenters. The molecule has 18 heavy (non-hydrogen) atoms. The van der Waals surface area contributed by atoms with Crippen LogP contribution in [-0.4, -0.2) is 5.91 Å². The van der Waals surface area contributed by atoms with E-state index < -0.39 is 0 Å². The third-order valence-corrected chi connectivity index (χ3v) is 4.04. The molecule has 1 saturated carbocycles. The van der Waals surface area contributed by atoms with E-state index in [2.05, 4.69) is 31.3 Å². The molecule has 2 nitrogen and oxygen atoms in total. The van der Waals surface area contributed by atoms with Crippen molar-refractivity contribution in [3.05, 3.63) is 35.9 Å². The van der Waals surface area contributed by atoms with Crippen LogP contribution >= 0.6 is 0 Å². The molecule has 1 aliphatic carbocycles. The zero-order valence-electron chi connectivity index (χ0n) is 11.4. The van der Waals surface area contributed by atoms with Crippen LogP contribution in [0.25, 0.3) is 0 Å². The summed E-state index contributed by atoms with van der Waals surface area (Å²) in [6, 6.07) is 10.3. The highest BCUT2D eigenvalue weighted by Gasteiger charge is 2.25. The fourth-order valence-electron chi connectivity index (χ4n) is 2.68. The summed E-state index contributed by atoms with van der Waals surface area (Å²) in [6.07, 6.45) is 4.48. The van der Waals surface area contributed by atoms with Crippen LogP contribution in [0.5, 0.6) is 0 Å². The lowest BCUT2D eigenvalue weighted by atomic mass is 9.82. The zero-order chi connectivity index (χ0) is 13.0. The predicted molar refractivity (Wildman–Crippen MR) is 74.1 cm³/mol. The van der Waals surface area contributed by atoms with Gasteiger partial charge in [0.25, 0.3) is 0 Å². The van der Waals surface area contributed by atoms with Crippen LogP contribution < -0.4 is 5.32 Å². The van der Waals surface area contributed by atoms with Crippen molar-refractivity contribution in [1.29, 1.82) is 0 Å². The molecule has 0 radical (unpaired) electrons. The molecule has 0 spiro atoms. The fourth-order valence-corrected chi connectivity index (χ4v) is 2.68. The third kappa shape index (κ3) is 3.34. The molecule has 0 aliphatic heterocycles. The minimum absolute atomic E-state index is 0.109. The second kappa shape index (κ2) is 6.03. The zero-order valence-corrected chi connectivity index (χ0v) is 11.4. The Balaban J connectivity index is 1.87. The summed E-state index contributed by atoms with van der Waals surface area (Å²) < 4.78 is 0. The molecule has 1 N–H and O–H groups in total. The largest absolute Gasteiger partial charge is 0.349 e. The van der Waals surface area contributed by atoms with E-state index in [0.717, 1.165) is 18.8 Å². The van der Waals surface area contributed by atoms with Crippen LogP contribution in [0, 0.1) is 11.8 Å². The van der Waals surface area contributed by atoms with Crippen molar-refractivity contribution < 1.29 is 4.79 Å². The number of rotatable bonds is 3. The lowest BCUT2D eigenvalue weighted by molar-refractivity contribution is -0.126. The summed E-state index contributed by atoms with van der Waals surface area (Å²) in [5, 5.41) is 3.14. The van der Waals surface area contributed by atoms with Gasteiger partial charge in [0.15, 0.2) is 0 Å². The number of hydrogen-bond donors (Lipinski definition) is 1. The minimum atomic E-state index is 0.109. The van der Waals surface area contributed by atoms with Crippen molar-refractivity contribution in [3.63, 3.8) is 0 Å². The van der Waals surface area contributed by atoms with Gasteiger partial charge >= 0.3 is 0 Å². The highest BCUT2D eigenvalue weighted by Crippen LogP contribution is 2.28. The minimum Gasteiger partial charge on any atom is -0.349 e. The molecule has 1 aromatic carbocycles. The molecule has 0 heterocycles. The van der Waals surface area contributed by atoms with E-state index in [-0.39, 0.29) is 17.9 Å². The Morgan fingerprint density at radius 1 is 1.17 bits per heavy atom. The molecule has 1 atom stereocenters. The first kappa shape index (κ1) is 13.1. The van der Waals surface area contributed by atoms with Gasteiger partial charge in [-0.2, -0.15) is 0 Å². The maximum atomic E-state index is 12.2. The number of carbonyl (C=O) groups is 1. The summed E-state index contributed by atoms with van der Waals surface area (Å²) in [5.74, 6) is 1.26. The van der Waals surface area contributed by atoms with Gasteiger partial charge in [0.05, 0.1) is 6.04 Å². The van der Waals surface area contributed by atoms with E-state index in [9.17, 15) is 4.79 Å². The summed E-state index contributed by atoms with van der Waals surface area (Å²) in [5.41, 5.74) is 1.18. The van der Waals surface area contributed by atoms with Crippen LogP contribution in [0.4, 0.5) is 0 Å². The molecule has 1 amide bonds. The summed E-state index contributed by atoms with van der Waals surface area (Å²) >= 11 is 0. The number of benzene rings is 1. The molecule has 98 valence electrons. The van der Waals surface area contributed by atoms with E-state index in [0.29, 0.717) is 0 Å². The fraction of sp³-hybridized carbons (Fsp3) is 0.562. The lowest BCUT2D eigenvalue weighted by Crippen LogP contribution is -2.34. The molecule has 0 aromatic heterocycles. The van der Waals surface area contributed by atoms with Gasteiger partial charge in [-0.3, -0.25) is 4.79 Å². The molecule has 1 aliphatic rings. The van der Waals surface area contributed by atoms with E-state index in [4.69, 9.17) is 0 Å². The normalized spacial score (nSPS) is 25.4. The highest BCUT2D eigenvalue weighted by atomic mass is 16.1. The monoisotopic (exact) mass is 245 g/mol. The quantitative estimate of drug-likeness (QED) is 0.864. The average molecular weight is 245 g/mol. The molecular formula is C16H23NO. The molecular weight excluding hydrogens is 222 g/mol. The maximum absolute atomic E-state index is 12.2. The SMILES string of the molecule is C[C@@H](NC(=O)[C@H]1CC[C@H](C)CC1)c1ccccc1. The Morgan fingerprint density at radius 3 is 2.39 bits per heavy atom. The Labute approximate surface area is 110 Å². The van der Waals surface area contributed by atoms with Gasteiger partial charge in [-0.05, 0) is 44.1 Å². The number of amides is 1. The van der Waals surface area contributed by atoms with Gasteiger partial charge in [-0.1, -0.05) is 37.3 Å². The van der Waals surface area contributed by atoms with Crippen LogP contribution in [0.2, 0.25) is 0 Å². The maximum Gasteiger partial charge on any atom is 0.223 e. The summed E-state index contributed by atoms with van der Waals surface area (Å²) in [7, 11) is 0.